The highest BCUT2D eigenvalue weighted by Crippen LogP contribution is 2.45. The molecule has 128 valence electrons. The molecular formula is C15H27O6P. The summed E-state index contributed by atoms with van der Waals surface area (Å²) in [6, 6.07) is 0. The molecule has 7 heteroatoms. The molecule has 0 heterocycles. The predicted octanol–water partition coefficient (Wildman–Crippen LogP) is 5.27. The molecule has 0 bridgehead atoms. The molecule has 0 unspecified atom stereocenters. The summed E-state index contributed by atoms with van der Waals surface area (Å²) in [5.74, 6) is 0. The third-order valence-corrected chi connectivity index (χ3v) is 3.10. The molecule has 0 aromatic rings. The van der Waals surface area contributed by atoms with E-state index >= 15 is 0 Å². The molecule has 0 radical (unpaired) electrons. The first-order valence-corrected chi connectivity index (χ1v) is 8.35. The number of hydrogen-bond donors (Lipinski definition) is 0. The third-order valence-electron chi connectivity index (χ3n) is 1.73. The van der Waals surface area contributed by atoms with Gasteiger partial charge in [0.25, 0.3) is 0 Å². The van der Waals surface area contributed by atoms with Crippen molar-refractivity contribution in [3.63, 3.8) is 0 Å². The minimum atomic E-state index is -2.52. The molecule has 0 N–H and O–H groups in total. The molecule has 0 fully saturated rings. The molecular weight excluding hydrogens is 307 g/mol. The van der Waals surface area contributed by atoms with Crippen molar-refractivity contribution in [1.82, 2.24) is 0 Å². The Kier molecular flexibility index (Phi) is 6.58. The highest BCUT2D eigenvalue weighted by molar-refractivity contribution is 8.00. The minimum Gasteiger partial charge on any atom is -0.456 e. The summed E-state index contributed by atoms with van der Waals surface area (Å²) in [6.45, 7) is 14.9. The van der Waals surface area contributed by atoms with E-state index in [0.717, 1.165) is 0 Å². The van der Waals surface area contributed by atoms with Crippen molar-refractivity contribution in [1.29, 1.82) is 0 Å². The van der Waals surface area contributed by atoms with Gasteiger partial charge in [-0.2, -0.15) is 0 Å². The highest BCUT2D eigenvalue weighted by atomic mass is 31.1. The monoisotopic (exact) mass is 334 g/mol. The van der Waals surface area contributed by atoms with Gasteiger partial charge in [-0.15, -0.1) is 0 Å². The van der Waals surface area contributed by atoms with Gasteiger partial charge in [0.15, 0.2) is 0 Å². The Morgan fingerprint density at radius 3 is 0.864 bits per heavy atom. The van der Waals surface area contributed by atoms with Gasteiger partial charge in [0, 0.05) is 0 Å². The summed E-state index contributed by atoms with van der Waals surface area (Å²) in [4.78, 5) is 36.7. The van der Waals surface area contributed by atoms with Crippen molar-refractivity contribution >= 4 is 25.1 Å². The highest BCUT2D eigenvalue weighted by Gasteiger charge is 2.43. The summed E-state index contributed by atoms with van der Waals surface area (Å²) >= 11 is 0. The zero-order valence-corrected chi connectivity index (χ0v) is 15.8. The van der Waals surface area contributed by atoms with Gasteiger partial charge in [-0.1, -0.05) is 0 Å². The first-order chi connectivity index (χ1) is 9.52. The van der Waals surface area contributed by atoms with E-state index in [-0.39, 0.29) is 0 Å². The van der Waals surface area contributed by atoms with Crippen LogP contribution in [0.5, 0.6) is 0 Å². The average molecular weight is 334 g/mol. The van der Waals surface area contributed by atoms with Crippen LogP contribution in [-0.4, -0.2) is 33.9 Å². The first kappa shape index (κ1) is 20.8. The second-order valence-electron chi connectivity index (χ2n) is 7.78. The van der Waals surface area contributed by atoms with Gasteiger partial charge in [0.2, 0.25) is 7.92 Å². The maximum Gasteiger partial charge on any atom is 0.349 e. The Hall–Kier alpha value is -1.16. The molecule has 0 saturated carbocycles. The number of carbonyl (C=O) groups excluding carboxylic acids is 3. The van der Waals surface area contributed by atoms with Crippen molar-refractivity contribution in [2.75, 3.05) is 0 Å². The lowest BCUT2D eigenvalue weighted by Crippen LogP contribution is -2.31. The lowest BCUT2D eigenvalue weighted by Gasteiger charge is -2.27. The number of rotatable bonds is 3. The molecule has 22 heavy (non-hydrogen) atoms. The van der Waals surface area contributed by atoms with E-state index in [4.69, 9.17) is 14.2 Å². The second kappa shape index (κ2) is 6.95. The van der Waals surface area contributed by atoms with Gasteiger partial charge in [0.1, 0.15) is 16.8 Å². The minimum absolute atomic E-state index is 0.818. The standard InChI is InChI=1S/C15H27O6P/c1-13(2,3)19-10(16)22(11(17)20-14(4,5)6)12(18)21-15(7,8)9/h1-9H3. The van der Waals surface area contributed by atoms with Crippen LogP contribution in [0.3, 0.4) is 0 Å². The van der Waals surface area contributed by atoms with E-state index in [2.05, 4.69) is 0 Å². The van der Waals surface area contributed by atoms with Crippen LogP contribution in [0.1, 0.15) is 62.3 Å². The molecule has 6 nitrogen and oxygen atoms in total. The van der Waals surface area contributed by atoms with Crippen LogP contribution in [0.4, 0.5) is 14.4 Å². The third kappa shape index (κ3) is 8.98. The van der Waals surface area contributed by atoms with Crippen LogP contribution in [0.15, 0.2) is 0 Å². The summed E-state index contributed by atoms with van der Waals surface area (Å²) in [6.07, 6.45) is 0. The van der Waals surface area contributed by atoms with Gasteiger partial charge in [-0.05, 0) is 62.3 Å². The molecule has 0 aliphatic heterocycles. The van der Waals surface area contributed by atoms with Gasteiger partial charge in [-0.3, -0.25) is 0 Å². The second-order valence-corrected chi connectivity index (χ2v) is 9.54. The molecule has 0 atom stereocenters. The van der Waals surface area contributed by atoms with Crippen molar-refractivity contribution in [3.8, 4) is 0 Å². The quantitative estimate of drug-likeness (QED) is 0.516. The van der Waals surface area contributed by atoms with Gasteiger partial charge >= 0.3 is 17.1 Å². The Morgan fingerprint density at radius 1 is 0.545 bits per heavy atom. The fraction of sp³-hybridized carbons (Fsp3) is 0.800. The number of carbonyl (C=O) groups is 3. The Bertz CT molecular complexity index is 370. The largest absolute Gasteiger partial charge is 0.456 e. The maximum absolute atomic E-state index is 12.2. The van der Waals surface area contributed by atoms with E-state index < -0.39 is 41.9 Å². The lowest BCUT2D eigenvalue weighted by molar-refractivity contribution is 0.0628. The average Bonchev–Trinajstić information content (AvgIpc) is 2.06. The topological polar surface area (TPSA) is 78.9 Å². The van der Waals surface area contributed by atoms with Gasteiger partial charge in [-0.25, -0.2) is 14.4 Å². The maximum atomic E-state index is 12.2. The van der Waals surface area contributed by atoms with E-state index in [1.165, 1.54) is 0 Å². The smallest absolute Gasteiger partial charge is 0.349 e. The SMILES string of the molecule is CC(C)(C)OC(=O)P(C(=O)OC(C)(C)C)C(=O)OC(C)(C)C. The molecule has 0 aliphatic rings. The molecule has 0 aliphatic carbocycles. The van der Waals surface area contributed by atoms with Crippen LogP contribution >= 0.6 is 7.92 Å². The van der Waals surface area contributed by atoms with Crippen LogP contribution in [0.25, 0.3) is 0 Å². The van der Waals surface area contributed by atoms with Crippen molar-refractivity contribution in [3.05, 3.63) is 0 Å². The summed E-state index contributed by atoms with van der Waals surface area (Å²) in [5, 5.41) is 0. The Morgan fingerprint density at radius 2 is 0.727 bits per heavy atom. The molecule has 0 aromatic carbocycles. The summed E-state index contributed by atoms with van der Waals surface area (Å²) in [7, 11) is -2.52. The van der Waals surface area contributed by atoms with E-state index in [1.807, 2.05) is 0 Å². The van der Waals surface area contributed by atoms with Gasteiger partial charge in [0.05, 0.1) is 0 Å². The lowest BCUT2D eigenvalue weighted by atomic mass is 10.2. The molecule has 0 saturated heterocycles. The molecule has 0 amide bonds. The summed E-state index contributed by atoms with van der Waals surface area (Å²) in [5.41, 5.74) is -5.19. The zero-order valence-electron chi connectivity index (χ0n) is 14.9. The van der Waals surface area contributed by atoms with E-state index in [1.54, 1.807) is 62.3 Å². The summed E-state index contributed by atoms with van der Waals surface area (Å²) < 4.78 is 15.5. The first-order valence-electron chi connectivity index (χ1n) is 7.01. The normalized spacial score (nSPS) is 12.8. The van der Waals surface area contributed by atoms with Crippen molar-refractivity contribution in [2.24, 2.45) is 0 Å². The zero-order chi connectivity index (χ0) is 17.9. The van der Waals surface area contributed by atoms with Crippen LogP contribution in [0, 0.1) is 0 Å². The van der Waals surface area contributed by atoms with Crippen molar-refractivity contribution < 1.29 is 28.6 Å². The Balaban J connectivity index is 5.36. The molecule has 0 rings (SSSR count). The molecule has 0 aromatic heterocycles. The molecule has 0 spiro atoms. The fourth-order valence-electron chi connectivity index (χ4n) is 1.15. The number of hydrogen-bond acceptors (Lipinski definition) is 6. The van der Waals surface area contributed by atoms with E-state index in [0.29, 0.717) is 0 Å². The Labute approximate surface area is 133 Å². The van der Waals surface area contributed by atoms with Crippen LogP contribution < -0.4 is 0 Å². The predicted molar refractivity (Wildman–Crippen MR) is 85.6 cm³/mol. The fourth-order valence-corrected chi connectivity index (χ4v) is 2.69. The van der Waals surface area contributed by atoms with Gasteiger partial charge < -0.3 is 14.2 Å². The van der Waals surface area contributed by atoms with Crippen LogP contribution in [-0.2, 0) is 14.2 Å². The van der Waals surface area contributed by atoms with E-state index in [9.17, 15) is 14.4 Å². The van der Waals surface area contributed by atoms with Crippen molar-refractivity contribution in [2.45, 2.75) is 79.1 Å². The van der Waals surface area contributed by atoms with Crippen LogP contribution in [0.2, 0.25) is 0 Å². The number of ether oxygens (including phenoxy) is 3.